The lowest BCUT2D eigenvalue weighted by Crippen LogP contribution is -1.92. The average molecular weight is 760 g/mol. The van der Waals surface area contributed by atoms with Crippen molar-refractivity contribution in [3.8, 4) is 55.8 Å². The van der Waals surface area contributed by atoms with Crippen LogP contribution in [0.25, 0.3) is 121 Å². The molecule has 0 saturated carbocycles. The van der Waals surface area contributed by atoms with Gasteiger partial charge in [0.05, 0.1) is 11.2 Å². The van der Waals surface area contributed by atoms with Crippen molar-refractivity contribution in [1.29, 1.82) is 0 Å². The molecule has 60 heavy (non-hydrogen) atoms. The molecule has 11 aromatic carbocycles. The topological polar surface area (TPSA) is 12.9 Å². The molecule has 0 aliphatic heterocycles. The number of aromatic nitrogens is 1. The van der Waals surface area contributed by atoms with E-state index in [1.54, 1.807) is 0 Å². The van der Waals surface area contributed by atoms with Gasteiger partial charge in [0.2, 0.25) is 0 Å². The molecule has 278 valence electrons. The maximum Gasteiger partial charge on any atom is 0.0722 e. The van der Waals surface area contributed by atoms with E-state index in [4.69, 9.17) is 4.98 Å². The summed E-state index contributed by atoms with van der Waals surface area (Å²) in [4.78, 5) is 5.28. The Morgan fingerprint density at radius 1 is 0.250 bits per heavy atom. The second-order valence-electron chi connectivity index (χ2n) is 15.9. The maximum absolute atomic E-state index is 5.28. The third kappa shape index (κ3) is 5.67. The molecule has 0 aliphatic carbocycles. The second kappa shape index (κ2) is 13.9. The summed E-state index contributed by atoms with van der Waals surface area (Å²) in [6.45, 7) is 0. The van der Waals surface area contributed by atoms with Gasteiger partial charge in [-0.1, -0.05) is 194 Å². The summed E-state index contributed by atoms with van der Waals surface area (Å²) in [6, 6.07) is 82.0. The Morgan fingerprint density at radius 3 is 1.40 bits per heavy atom. The van der Waals surface area contributed by atoms with E-state index in [9.17, 15) is 0 Å². The Hall–Kier alpha value is -7.87. The predicted molar refractivity (Wildman–Crippen MR) is 256 cm³/mol. The third-order valence-electron chi connectivity index (χ3n) is 12.4. The lowest BCUT2D eigenvalue weighted by Gasteiger charge is -2.19. The van der Waals surface area contributed by atoms with Crippen LogP contribution in [-0.2, 0) is 0 Å². The van der Waals surface area contributed by atoms with Gasteiger partial charge in [0, 0.05) is 10.9 Å². The summed E-state index contributed by atoms with van der Waals surface area (Å²) in [7, 11) is 0. The molecule has 12 rings (SSSR count). The van der Waals surface area contributed by atoms with Gasteiger partial charge in [-0.25, -0.2) is 4.98 Å². The summed E-state index contributed by atoms with van der Waals surface area (Å²) in [5.74, 6) is 0. The molecule has 0 amide bonds. The minimum atomic E-state index is 0.965. The first kappa shape index (κ1) is 34.2. The highest BCUT2D eigenvalue weighted by Crippen LogP contribution is 2.46. The van der Waals surface area contributed by atoms with Crippen molar-refractivity contribution in [2.75, 3.05) is 0 Å². The van der Waals surface area contributed by atoms with Crippen LogP contribution in [0.2, 0.25) is 0 Å². The first-order chi connectivity index (χ1) is 29.7. The van der Waals surface area contributed by atoms with Crippen LogP contribution in [0, 0.1) is 0 Å². The highest BCUT2D eigenvalue weighted by molar-refractivity contribution is 6.22. The molecule has 0 N–H and O–H groups in total. The molecular formula is C59H37N. The molecule has 0 saturated heterocycles. The quantitative estimate of drug-likeness (QED) is 0.126. The van der Waals surface area contributed by atoms with Crippen LogP contribution in [0.1, 0.15) is 0 Å². The maximum atomic E-state index is 5.28. The molecule has 1 nitrogen and oxygen atoms in total. The lowest BCUT2D eigenvalue weighted by atomic mass is 9.84. The van der Waals surface area contributed by atoms with Crippen molar-refractivity contribution in [2.45, 2.75) is 0 Å². The molecule has 1 heterocycles. The van der Waals surface area contributed by atoms with Crippen molar-refractivity contribution in [2.24, 2.45) is 0 Å². The molecule has 0 spiro atoms. The van der Waals surface area contributed by atoms with Crippen LogP contribution < -0.4 is 0 Å². The fourth-order valence-corrected chi connectivity index (χ4v) is 9.50. The summed E-state index contributed by atoms with van der Waals surface area (Å²) >= 11 is 0. The van der Waals surface area contributed by atoms with Gasteiger partial charge in [-0.15, -0.1) is 0 Å². The van der Waals surface area contributed by atoms with E-state index in [0.717, 1.165) is 16.8 Å². The molecule has 0 radical (unpaired) electrons. The Labute approximate surface area is 348 Å². The lowest BCUT2D eigenvalue weighted by molar-refractivity contribution is 1.40. The number of hydrogen-bond acceptors (Lipinski definition) is 1. The van der Waals surface area contributed by atoms with Crippen LogP contribution in [0.5, 0.6) is 0 Å². The fraction of sp³-hybridized carbons (Fsp3) is 0. The largest absolute Gasteiger partial charge is 0.248 e. The van der Waals surface area contributed by atoms with Crippen molar-refractivity contribution < 1.29 is 0 Å². The first-order valence-corrected chi connectivity index (χ1v) is 20.7. The summed E-state index contributed by atoms with van der Waals surface area (Å²) in [5, 5.41) is 13.6. The molecule has 0 unspecified atom stereocenters. The van der Waals surface area contributed by atoms with Crippen LogP contribution in [0.15, 0.2) is 224 Å². The van der Waals surface area contributed by atoms with E-state index >= 15 is 0 Å². The Bertz CT molecular complexity index is 3640. The van der Waals surface area contributed by atoms with Crippen molar-refractivity contribution in [3.05, 3.63) is 224 Å². The smallest absolute Gasteiger partial charge is 0.0722 e. The van der Waals surface area contributed by atoms with Crippen molar-refractivity contribution >= 4 is 64.8 Å². The highest BCUT2D eigenvalue weighted by atomic mass is 14.7. The van der Waals surface area contributed by atoms with E-state index in [2.05, 4.69) is 224 Å². The van der Waals surface area contributed by atoms with Crippen molar-refractivity contribution in [3.63, 3.8) is 0 Å². The highest BCUT2D eigenvalue weighted by Gasteiger charge is 2.19. The average Bonchev–Trinajstić information content (AvgIpc) is 3.32. The third-order valence-corrected chi connectivity index (χ3v) is 12.4. The van der Waals surface area contributed by atoms with Crippen LogP contribution in [-0.4, -0.2) is 4.98 Å². The van der Waals surface area contributed by atoms with Crippen molar-refractivity contribution in [1.82, 2.24) is 4.98 Å². The van der Waals surface area contributed by atoms with Gasteiger partial charge in [-0.05, 0) is 129 Å². The Kier molecular flexibility index (Phi) is 7.92. The summed E-state index contributed by atoms with van der Waals surface area (Å²) in [5.41, 5.74) is 12.8. The molecule has 1 aromatic heterocycles. The van der Waals surface area contributed by atoms with Gasteiger partial charge >= 0.3 is 0 Å². The zero-order valence-electron chi connectivity index (χ0n) is 32.8. The minimum absolute atomic E-state index is 0.965. The molecule has 1 heteroatoms. The van der Waals surface area contributed by atoms with E-state index in [1.807, 2.05) is 0 Å². The normalized spacial score (nSPS) is 11.7. The van der Waals surface area contributed by atoms with Gasteiger partial charge in [0.1, 0.15) is 0 Å². The molecule has 0 bridgehead atoms. The Morgan fingerprint density at radius 2 is 0.733 bits per heavy atom. The standard InChI is InChI=1S/C59H37N/c1-2-14-41(15-3-1)53-37-56(60-55-33-31-42-16-8-9-19-49(42)59(53)55)43-26-22-40(23-27-43)46-30-32-52-54(36-46)58(48-29-25-39-13-5-7-18-45(39)35-48)51-21-11-10-20-50(51)57(52)47-28-24-38-12-4-6-17-44(38)34-47/h1-37H. The fourth-order valence-electron chi connectivity index (χ4n) is 9.50. The number of pyridine rings is 1. The first-order valence-electron chi connectivity index (χ1n) is 20.7. The van der Waals surface area contributed by atoms with E-state index in [0.29, 0.717) is 0 Å². The number of hydrogen-bond donors (Lipinski definition) is 0. The molecule has 0 aliphatic rings. The van der Waals surface area contributed by atoms with E-state index in [1.165, 1.54) is 104 Å². The zero-order chi connectivity index (χ0) is 39.6. The summed E-state index contributed by atoms with van der Waals surface area (Å²) < 4.78 is 0. The van der Waals surface area contributed by atoms with Gasteiger partial charge in [0.15, 0.2) is 0 Å². The van der Waals surface area contributed by atoms with E-state index < -0.39 is 0 Å². The van der Waals surface area contributed by atoms with Crippen LogP contribution >= 0.6 is 0 Å². The Balaban J connectivity index is 1.04. The predicted octanol–water partition coefficient (Wildman–Crippen LogP) is 16.3. The summed E-state index contributed by atoms with van der Waals surface area (Å²) in [6.07, 6.45) is 0. The van der Waals surface area contributed by atoms with Gasteiger partial charge in [-0.2, -0.15) is 0 Å². The second-order valence-corrected chi connectivity index (χ2v) is 15.9. The van der Waals surface area contributed by atoms with E-state index in [-0.39, 0.29) is 0 Å². The number of rotatable bonds is 5. The zero-order valence-corrected chi connectivity index (χ0v) is 32.8. The number of fused-ring (bicyclic) bond motifs is 7. The SMILES string of the molecule is c1ccc(-c2cc(-c3ccc(-c4ccc5c(-c6ccc7ccccc7c6)c6ccccc6c(-c6ccc7ccccc7c6)c5c4)cc3)nc3ccc4ccccc4c23)cc1. The van der Waals surface area contributed by atoms with Gasteiger partial charge < -0.3 is 0 Å². The molecule has 0 atom stereocenters. The molecule has 12 aromatic rings. The minimum Gasteiger partial charge on any atom is -0.248 e. The van der Waals surface area contributed by atoms with Gasteiger partial charge in [-0.3, -0.25) is 0 Å². The molecular weight excluding hydrogens is 723 g/mol. The van der Waals surface area contributed by atoms with Crippen LogP contribution in [0.3, 0.4) is 0 Å². The molecule has 0 fully saturated rings. The van der Waals surface area contributed by atoms with Gasteiger partial charge in [0.25, 0.3) is 0 Å². The monoisotopic (exact) mass is 759 g/mol. The number of nitrogens with zero attached hydrogens (tertiary/aromatic N) is 1. The van der Waals surface area contributed by atoms with Crippen LogP contribution in [0.4, 0.5) is 0 Å². The number of benzene rings is 11.